The lowest BCUT2D eigenvalue weighted by atomic mass is 9.95. The van der Waals surface area contributed by atoms with Crippen molar-refractivity contribution in [3.8, 4) is 0 Å². The van der Waals surface area contributed by atoms with E-state index in [4.69, 9.17) is 4.74 Å². The summed E-state index contributed by atoms with van der Waals surface area (Å²) in [6, 6.07) is 11.7. The predicted octanol–water partition coefficient (Wildman–Crippen LogP) is 3.30. The van der Waals surface area contributed by atoms with Crippen LogP contribution in [-0.2, 0) is 9.53 Å². The smallest absolute Gasteiger partial charge is 0.309 e. The quantitative estimate of drug-likeness (QED) is 0.486. The molecule has 0 unspecified atom stereocenters. The molecule has 1 N–H and O–H groups in total. The van der Waals surface area contributed by atoms with E-state index in [1.54, 1.807) is 43.3 Å². The first-order valence-electron chi connectivity index (χ1n) is 9.98. The molecule has 2 aromatic carbocycles. The van der Waals surface area contributed by atoms with E-state index in [2.05, 4.69) is 15.5 Å². The van der Waals surface area contributed by atoms with Gasteiger partial charge in [-0.3, -0.25) is 4.79 Å². The lowest BCUT2D eigenvalue weighted by Crippen LogP contribution is -2.31. The number of aromatic nitrogens is 4. The Morgan fingerprint density at radius 2 is 1.69 bits per heavy atom. The van der Waals surface area contributed by atoms with Gasteiger partial charge in [-0.2, -0.15) is 4.68 Å². The van der Waals surface area contributed by atoms with Crippen molar-refractivity contribution in [2.24, 2.45) is 0 Å². The number of hydrogen-bond donors (Lipinski definition) is 1. The summed E-state index contributed by atoms with van der Waals surface area (Å²) in [5.41, 5.74) is 2.41. The second-order valence-corrected chi connectivity index (χ2v) is 7.39. The lowest BCUT2D eigenvalue weighted by molar-refractivity contribution is -0.156. The van der Waals surface area contributed by atoms with Crippen LogP contribution in [0.15, 0.2) is 60.7 Å². The lowest BCUT2D eigenvalue weighted by Gasteiger charge is -2.23. The average molecular weight is 438 g/mol. The molecule has 2 heterocycles. The number of halogens is 2. The molecule has 0 amide bonds. The van der Waals surface area contributed by atoms with Crippen molar-refractivity contribution in [2.75, 3.05) is 0 Å². The number of ether oxygens (including phenoxy) is 1. The topological polar surface area (TPSA) is 90.1 Å². The fourth-order valence-electron chi connectivity index (χ4n) is 3.53. The van der Waals surface area contributed by atoms with Crippen molar-refractivity contribution in [3.63, 3.8) is 0 Å². The molecule has 7 nitrogen and oxygen atoms in total. The molecule has 1 aromatic heterocycles. The number of aryl methyl sites for hydroxylation is 1. The van der Waals surface area contributed by atoms with E-state index >= 15 is 0 Å². The third-order valence-corrected chi connectivity index (χ3v) is 5.03. The summed E-state index contributed by atoms with van der Waals surface area (Å²) in [4.78, 5) is 11.7. The van der Waals surface area contributed by atoms with Gasteiger partial charge in [-0.25, -0.2) is 8.78 Å². The minimum absolute atomic E-state index is 0.0461. The summed E-state index contributed by atoms with van der Waals surface area (Å²) in [5.74, 6) is -0.802. The summed E-state index contributed by atoms with van der Waals surface area (Å²) in [5, 5.41) is 21.6. The van der Waals surface area contributed by atoms with E-state index in [0.29, 0.717) is 28.2 Å². The Morgan fingerprint density at radius 3 is 2.19 bits per heavy atom. The maximum Gasteiger partial charge on any atom is 0.309 e. The first-order chi connectivity index (χ1) is 15.4. The molecule has 4 rings (SSSR count). The summed E-state index contributed by atoms with van der Waals surface area (Å²) in [6.07, 6.45) is 2.11. The third kappa shape index (κ3) is 4.78. The fourth-order valence-corrected chi connectivity index (χ4v) is 3.53. The number of aliphatic hydroxyl groups is 1. The van der Waals surface area contributed by atoms with Gasteiger partial charge in [-0.1, -0.05) is 24.3 Å². The summed E-state index contributed by atoms with van der Waals surface area (Å²) < 4.78 is 34.0. The number of carbonyl (C=O) groups is 1. The first-order valence-corrected chi connectivity index (χ1v) is 9.98. The van der Waals surface area contributed by atoms with Gasteiger partial charge < -0.3 is 9.84 Å². The van der Waals surface area contributed by atoms with Gasteiger partial charge in [0, 0.05) is 12.0 Å². The molecule has 0 radical (unpaired) electrons. The number of aliphatic hydroxyl groups excluding tert-OH is 1. The molecule has 3 aromatic rings. The Kier molecular flexibility index (Phi) is 6.18. The highest BCUT2D eigenvalue weighted by molar-refractivity contribution is 5.96. The molecule has 0 spiro atoms. The van der Waals surface area contributed by atoms with Crippen molar-refractivity contribution in [2.45, 2.75) is 32.0 Å². The monoisotopic (exact) mass is 438 g/mol. The minimum Gasteiger partial charge on any atom is -0.458 e. The Morgan fingerprint density at radius 1 is 1.09 bits per heavy atom. The highest BCUT2D eigenvalue weighted by Gasteiger charge is 2.26. The molecule has 0 bridgehead atoms. The molecule has 2 atom stereocenters. The predicted molar refractivity (Wildman–Crippen MR) is 112 cm³/mol. The number of benzene rings is 2. The standard InChI is InChI=1S/C23H20F2N4O3/c1-14-26-27-28-29(14)21(11-10-20-12-19(30)13-22(31)32-20)23(15-2-6-17(24)7-3-15)16-4-8-18(25)9-5-16/h2-11,19-20,30H,12-13H2,1H3/b11-10+/t19-,20-/m1/s1. The van der Waals surface area contributed by atoms with Gasteiger partial charge in [0.1, 0.15) is 17.7 Å². The van der Waals surface area contributed by atoms with Gasteiger partial charge in [0.2, 0.25) is 0 Å². The van der Waals surface area contributed by atoms with E-state index in [9.17, 15) is 18.7 Å². The molecule has 0 saturated carbocycles. The van der Waals surface area contributed by atoms with Gasteiger partial charge in [-0.15, -0.1) is 5.10 Å². The normalized spacial score (nSPS) is 18.6. The number of rotatable bonds is 5. The number of carbonyl (C=O) groups excluding carboxylic acids is 1. The largest absolute Gasteiger partial charge is 0.458 e. The highest BCUT2D eigenvalue weighted by atomic mass is 19.1. The zero-order valence-electron chi connectivity index (χ0n) is 17.2. The number of esters is 1. The fraction of sp³-hybridized carbons (Fsp3) is 0.217. The molecule has 0 aliphatic carbocycles. The van der Waals surface area contributed by atoms with Gasteiger partial charge in [-0.05, 0) is 64.9 Å². The maximum absolute atomic E-state index is 13.6. The Hall–Kier alpha value is -3.72. The molecule has 32 heavy (non-hydrogen) atoms. The molecule has 9 heteroatoms. The number of cyclic esters (lactones) is 1. The second-order valence-electron chi connectivity index (χ2n) is 7.39. The Labute approximate surface area is 182 Å². The van der Waals surface area contributed by atoms with Gasteiger partial charge >= 0.3 is 5.97 Å². The number of tetrazole rings is 1. The van der Waals surface area contributed by atoms with Crippen LogP contribution in [0.25, 0.3) is 11.3 Å². The van der Waals surface area contributed by atoms with E-state index in [1.807, 2.05) is 0 Å². The molecular formula is C23H20F2N4O3. The van der Waals surface area contributed by atoms with Crippen molar-refractivity contribution in [1.29, 1.82) is 0 Å². The first kappa shape index (κ1) is 21.5. The summed E-state index contributed by atoms with van der Waals surface area (Å²) in [6.45, 7) is 1.71. The van der Waals surface area contributed by atoms with Crippen molar-refractivity contribution < 1.29 is 23.4 Å². The van der Waals surface area contributed by atoms with E-state index in [-0.39, 0.29) is 12.8 Å². The molecular weight excluding hydrogens is 418 g/mol. The van der Waals surface area contributed by atoms with Gasteiger partial charge in [0.05, 0.1) is 18.2 Å². The van der Waals surface area contributed by atoms with Crippen LogP contribution >= 0.6 is 0 Å². The zero-order valence-corrected chi connectivity index (χ0v) is 17.2. The van der Waals surface area contributed by atoms with Gasteiger partial charge in [0.25, 0.3) is 0 Å². The summed E-state index contributed by atoms with van der Waals surface area (Å²) >= 11 is 0. The minimum atomic E-state index is -0.790. The highest BCUT2D eigenvalue weighted by Crippen LogP contribution is 2.31. The van der Waals surface area contributed by atoms with Crippen LogP contribution in [0.5, 0.6) is 0 Å². The number of nitrogens with zero attached hydrogens (tertiary/aromatic N) is 4. The average Bonchev–Trinajstić information content (AvgIpc) is 3.18. The van der Waals surface area contributed by atoms with Crippen LogP contribution in [0.1, 0.15) is 29.8 Å². The third-order valence-electron chi connectivity index (χ3n) is 5.03. The second kappa shape index (κ2) is 9.19. The van der Waals surface area contributed by atoms with Crippen molar-refractivity contribution in [1.82, 2.24) is 20.2 Å². The van der Waals surface area contributed by atoms with Crippen LogP contribution in [0.3, 0.4) is 0 Å². The van der Waals surface area contributed by atoms with Crippen LogP contribution in [0.2, 0.25) is 0 Å². The van der Waals surface area contributed by atoms with Crippen molar-refractivity contribution in [3.05, 3.63) is 89.3 Å². The number of hydrogen-bond acceptors (Lipinski definition) is 6. The zero-order chi connectivity index (χ0) is 22.7. The van der Waals surface area contributed by atoms with Crippen LogP contribution in [-0.4, -0.2) is 43.5 Å². The SMILES string of the molecule is Cc1nnnn1C(/C=C/[C@@H]1C[C@@H](O)CC(=O)O1)=C(c1ccc(F)cc1)c1ccc(F)cc1. The van der Waals surface area contributed by atoms with Crippen molar-refractivity contribution >= 4 is 17.2 Å². The Balaban J connectivity index is 1.90. The van der Waals surface area contributed by atoms with Crippen LogP contribution < -0.4 is 0 Å². The molecule has 1 fully saturated rings. The molecule has 1 aliphatic heterocycles. The van der Waals surface area contributed by atoms with Crippen LogP contribution in [0.4, 0.5) is 8.78 Å². The summed E-state index contributed by atoms with van der Waals surface area (Å²) in [7, 11) is 0. The van der Waals surface area contributed by atoms with Gasteiger partial charge in [0.15, 0.2) is 5.82 Å². The number of allylic oxidation sites excluding steroid dienone is 2. The molecule has 164 valence electrons. The molecule has 1 saturated heterocycles. The van der Waals surface area contributed by atoms with Crippen LogP contribution in [0, 0.1) is 18.6 Å². The Bertz CT molecular complexity index is 1120. The van der Waals surface area contributed by atoms with E-state index in [0.717, 1.165) is 0 Å². The maximum atomic E-state index is 13.6. The molecule has 1 aliphatic rings. The van der Waals surface area contributed by atoms with E-state index < -0.39 is 29.8 Å². The van der Waals surface area contributed by atoms with E-state index in [1.165, 1.54) is 28.9 Å².